The molecule has 3 rings (SSSR count). The lowest BCUT2D eigenvalue weighted by atomic mass is 10.1. The molecular formula is C16H18FN7O. The molecule has 0 bridgehead atoms. The highest BCUT2D eigenvalue weighted by atomic mass is 19.1. The number of hydrazone groups is 1. The van der Waals surface area contributed by atoms with E-state index in [4.69, 9.17) is 0 Å². The average molecular weight is 343 g/mol. The predicted octanol–water partition coefficient (Wildman–Crippen LogP) is 1.53. The average Bonchev–Trinajstić information content (AvgIpc) is 2.96. The Morgan fingerprint density at radius 2 is 1.88 bits per heavy atom. The van der Waals surface area contributed by atoms with Crippen molar-refractivity contribution in [1.82, 2.24) is 30.0 Å². The number of hydrogen-bond acceptors (Lipinski definition) is 5. The Labute approximate surface area is 143 Å². The third kappa shape index (κ3) is 2.88. The number of aryl methyl sites for hydroxylation is 5. The molecule has 3 aromatic rings. The molecule has 0 aliphatic heterocycles. The SMILES string of the molecule is Cc1cc(C(=O)N/N=C\c2c(C)nn(C)c2F)c2c(C)nn(C)c2n1. The summed E-state index contributed by atoms with van der Waals surface area (Å²) in [6.07, 6.45) is 1.25. The van der Waals surface area contributed by atoms with Crippen molar-refractivity contribution in [3.8, 4) is 0 Å². The molecule has 0 saturated heterocycles. The standard InChI is InChI=1S/C16H18FN7O/c1-8-6-11(13-10(3)22-24(5)15(13)19-8)16(25)20-18-7-12-9(2)21-23(4)14(12)17/h6-7H,1-5H3,(H,20,25)/b18-7-. The number of aromatic nitrogens is 5. The monoisotopic (exact) mass is 343 g/mol. The number of halogens is 1. The second-order valence-corrected chi connectivity index (χ2v) is 5.83. The van der Waals surface area contributed by atoms with Gasteiger partial charge in [0.15, 0.2) is 5.65 Å². The number of carbonyl (C=O) groups is 1. The van der Waals surface area contributed by atoms with Gasteiger partial charge in [0.25, 0.3) is 5.91 Å². The predicted molar refractivity (Wildman–Crippen MR) is 90.9 cm³/mol. The van der Waals surface area contributed by atoms with Gasteiger partial charge in [-0.15, -0.1) is 0 Å². The minimum absolute atomic E-state index is 0.233. The van der Waals surface area contributed by atoms with E-state index in [9.17, 15) is 9.18 Å². The molecule has 0 atom stereocenters. The summed E-state index contributed by atoms with van der Waals surface area (Å²) in [6.45, 7) is 5.28. The van der Waals surface area contributed by atoms with Crippen LogP contribution in [0.15, 0.2) is 11.2 Å². The first kappa shape index (κ1) is 16.7. The Bertz CT molecular complexity index is 1020. The van der Waals surface area contributed by atoms with Crippen LogP contribution in [0.5, 0.6) is 0 Å². The van der Waals surface area contributed by atoms with Crippen molar-refractivity contribution < 1.29 is 9.18 Å². The van der Waals surface area contributed by atoms with Crippen LogP contribution in [0.2, 0.25) is 0 Å². The van der Waals surface area contributed by atoms with E-state index in [1.54, 1.807) is 31.6 Å². The summed E-state index contributed by atoms with van der Waals surface area (Å²) >= 11 is 0. The van der Waals surface area contributed by atoms with E-state index in [1.807, 2.05) is 6.92 Å². The molecule has 0 aliphatic rings. The van der Waals surface area contributed by atoms with Gasteiger partial charge in [0.05, 0.1) is 34.1 Å². The largest absolute Gasteiger partial charge is 0.272 e. The van der Waals surface area contributed by atoms with E-state index in [0.717, 1.165) is 4.68 Å². The summed E-state index contributed by atoms with van der Waals surface area (Å²) in [4.78, 5) is 16.9. The van der Waals surface area contributed by atoms with Gasteiger partial charge < -0.3 is 0 Å². The van der Waals surface area contributed by atoms with Crippen molar-refractivity contribution in [1.29, 1.82) is 0 Å². The van der Waals surface area contributed by atoms with Gasteiger partial charge in [-0.25, -0.2) is 15.1 Å². The number of nitrogens with zero attached hydrogens (tertiary/aromatic N) is 6. The summed E-state index contributed by atoms with van der Waals surface area (Å²) < 4.78 is 16.6. The molecular weight excluding hydrogens is 325 g/mol. The fraction of sp³-hybridized carbons (Fsp3) is 0.312. The highest BCUT2D eigenvalue weighted by Crippen LogP contribution is 2.21. The molecule has 130 valence electrons. The highest BCUT2D eigenvalue weighted by Gasteiger charge is 2.17. The molecule has 3 aromatic heterocycles. The molecule has 0 saturated carbocycles. The summed E-state index contributed by atoms with van der Waals surface area (Å²) in [5.41, 5.74) is 5.60. The molecule has 1 N–H and O–H groups in total. The first-order valence-electron chi connectivity index (χ1n) is 7.63. The van der Waals surface area contributed by atoms with Crippen LogP contribution in [0.1, 0.15) is 33.0 Å². The van der Waals surface area contributed by atoms with Crippen LogP contribution in [0, 0.1) is 26.7 Å². The van der Waals surface area contributed by atoms with E-state index in [0.29, 0.717) is 33.7 Å². The first-order chi connectivity index (χ1) is 11.8. The number of pyridine rings is 1. The van der Waals surface area contributed by atoms with Crippen LogP contribution < -0.4 is 5.43 Å². The molecule has 0 aliphatic carbocycles. The summed E-state index contributed by atoms with van der Waals surface area (Å²) in [5.74, 6) is -0.925. The zero-order chi connectivity index (χ0) is 18.3. The number of fused-ring (bicyclic) bond motifs is 1. The number of carbonyl (C=O) groups excluding carboxylic acids is 1. The van der Waals surface area contributed by atoms with Crippen molar-refractivity contribution in [2.45, 2.75) is 20.8 Å². The number of rotatable bonds is 3. The van der Waals surface area contributed by atoms with E-state index in [-0.39, 0.29) is 5.56 Å². The number of hydrogen-bond donors (Lipinski definition) is 1. The normalized spacial score (nSPS) is 11.6. The molecule has 0 spiro atoms. The van der Waals surface area contributed by atoms with Crippen molar-refractivity contribution in [2.24, 2.45) is 19.2 Å². The summed E-state index contributed by atoms with van der Waals surface area (Å²) in [5, 5.41) is 12.8. The van der Waals surface area contributed by atoms with E-state index < -0.39 is 11.9 Å². The lowest BCUT2D eigenvalue weighted by Crippen LogP contribution is -2.18. The second kappa shape index (κ2) is 6.08. The van der Waals surface area contributed by atoms with Crippen molar-refractivity contribution in [3.05, 3.63) is 40.2 Å². The number of amides is 1. The number of nitrogens with one attached hydrogen (secondary N) is 1. The van der Waals surface area contributed by atoms with Crippen LogP contribution >= 0.6 is 0 Å². The maximum Gasteiger partial charge on any atom is 0.272 e. The Kier molecular flexibility index (Phi) is 4.07. The van der Waals surface area contributed by atoms with Crippen LogP contribution in [-0.2, 0) is 14.1 Å². The van der Waals surface area contributed by atoms with Gasteiger partial charge in [-0.05, 0) is 26.8 Å². The molecule has 0 unspecified atom stereocenters. The molecule has 1 amide bonds. The molecule has 3 heterocycles. The molecule has 25 heavy (non-hydrogen) atoms. The Balaban J connectivity index is 1.92. The summed E-state index contributed by atoms with van der Waals surface area (Å²) in [7, 11) is 3.27. The van der Waals surface area contributed by atoms with Crippen LogP contribution in [-0.4, -0.2) is 36.7 Å². The molecule has 0 fully saturated rings. The quantitative estimate of drug-likeness (QED) is 0.577. The van der Waals surface area contributed by atoms with Crippen LogP contribution in [0.3, 0.4) is 0 Å². The van der Waals surface area contributed by atoms with Gasteiger partial charge in [-0.1, -0.05) is 0 Å². The van der Waals surface area contributed by atoms with Gasteiger partial charge in [-0.2, -0.15) is 19.7 Å². The second-order valence-electron chi connectivity index (χ2n) is 5.83. The fourth-order valence-corrected chi connectivity index (χ4v) is 2.76. The lowest BCUT2D eigenvalue weighted by Gasteiger charge is -2.04. The van der Waals surface area contributed by atoms with Crippen molar-refractivity contribution >= 4 is 23.2 Å². The van der Waals surface area contributed by atoms with Gasteiger partial charge >= 0.3 is 0 Å². The third-order valence-electron chi connectivity index (χ3n) is 3.90. The minimum Gasteiger partial charge on any atom is -0.267 e. The smallest absolute Gasteiger partial charge is 0.267 e. The van der Waals surface area contributed by atoms with Crippen LogP contribution in [0.25, 0.3) is 11.0 Å². The Hall–Kier alpha value is -3.10. The van der Waals surface area contributed by atoms with Crippen molar-refractivity contribution in [3.63, 3.8) is 0 Å². The molecule has 8 nitrogen and oxygen atoms in total. The molecule has 0 radical (unpaired) electrons. The lowest BCUT2D eigenvalue weighted by molar-refractivity contribution is 0.0956. The maximum atomic E-state index is 13.9. The zero-order valence-electron chi connectivity index (χ0n) is 14.6. The van der Waals surface area contributed by atoms with Gasteiger partial charge in [0.2, 0.25) is 5.95 Å². The minimum atomic E-state index is -0.513. The fourth-order valence-electron chi connectivity index (χ4n) is 2.76. The van der Waals surface area contributed by atoms with E-state index in [1.165, 1.54) is 13.3 Å². The van der Waals surface area contributed by atoms with E-state index >= 15 is 0 Å². The topological polar surface area (TPSA) is 90.0 Å². The van der Waals surface area contributed by atoms with Gasteiger partial charge in [-0.3, -0.25) is 9.48 Å². The summed E-state index contributed by atoms with van der Waals surface area (Å²) in [6, 6.07) is 1.68. The first-order valence-corrected chi connectivity index (χ1v) is 7.63. The van der Waals surface area contributed by atoms with Gasteiger partial charge in [0, 0.05) is 19.8 Å². The maximum absolute atomic E-state index is 13.9. The Morgan fingerprint density at radius 1 is 1.20 bits per heavy atom. The molecule has 0 aromatic carbocycles. The third-order valence-corrected chi connectivity index (χ3v) is 3.90. The van der Waals surface area contributed by atoms with Gasteiger partial charge in [0.1, 0.15) is 0 Å². The van der Waals surface area contributed by atoms with Crippen LogP contribution in [0.4, 0.5) is 4.39 Å². The highest BCUT2D eigenvalue weighted by molar-refractivity contribution is 6.06. The molecule has 9 heteroatoms. The Morgan fingerprint density at radius 3 is 2.52 bits per heavy atom. The zero-order valence-corrected chi connectivity index (χ0v) is 14.6. The van der Waals surface area contributed by atoms with E-state index in [2.05, 4.69) is 25.7 Å². The van der Waals surface area contributed by atoms with Crippen molar-refractivity contribution in [2.75, 3.05) is 0 Å².